The van der Waals surface area contributed by atoms with E-state index in [-0.39, 0.29) is 6.04 Å². The van der Waals surface area contributed by atoms with Gasteiger partial charge >= 0.3 is 0 Å². The highest BCUT2D eigenvalue weighted by atomic mass is 32.1. The molecular weight excluding hydrogens is 386 g/mol. The second-order valence-corrected chi connectivity index (χ2v) is 9.16. The van der Waals surface area contributed by atoms with E-state index in [1.807, 2.05) is 6.92 Å². The maximum atomic E-state index is 5.78. The highest BCUT2D eigenvalue weighted by Crippen LogP contribution is 2.20. The van der Waals surface area contributed by atoms with Crippen LogP contribution in [0.25, 0.3) is 6.08 Å². The lowest BCUT2D eigenvalue weighted by Crippen LogP contribution is -2.22. The first-order valence-electron chi connectivity index (χ1n) is 10.6. The molecule has 2 aromatic carbocycles. The minimum atomic E-state index is 0.213. The Morgan fingerprint density at radius 2 is 1.50 bits per heavy atom. The molecule has 0 spiro atoms. The number of benzene rings is 2. The quantitative estimate of drug-likeness (QED) is 0.578. The Kier molecular flexibility index (Phi) is 8.40. The van der Waals surface area contributed by atoms with Gasteiger partial charge in [0.1, 0.15) is 0 Å². The smallest absolute Gasteiger partial charge is 0.0268 e. The second kappa shape index (κ2) is 11.2. The normalized spacial score (nSPS) is 17.7. The first kappa shape index (κ1) is 22.4. The molecule has 2 atom stereocenters. The van der Waals surface area contributed by atoms with E-state index in [4.69, 9.17) is 17.2 Å². The molecule has 30 heavy (non-hydrogen) atoms. The molecule has 0 bridgehead atoms. The molecule has 158 valence electrons. The molecule has 0 amide bonds. The number of rotatable bonds is 2. The van der Waals surface area contributed by atoms with Gasteiger partial charge in [-0.3, -0.25) is 0 Å². The van der Waals surface area contributed by atoms with Crippen molar-refractivity contribution in [3.05, 3.63) is 99.3 Å². The Bertz CT molecular complexity index is 906. The van der Waals surface area contributed by atoms with Gasteiger partial charge in [-0.1, -0.05) is 66.7 Å². The highest BCUT2D eigenvalue weighted by molar-refractivity contribution is 7.09. The predicted octanol–water partition coefficient (Wildman–Crippen LogP) is 4.33. The van der Waals surface area contributed by atoms with Gasteiger partial charge in [0.05, 0.1) is 0 Å². The van der Waals surface area contributed by atoms with Crippen molar-refractivity contribution in [1.29, 1.82) is 0 Å². The van der Waals surface area contributed by atoms with Gasteiger partial charge in [-0.2, -0.15) is 0 Å². The summed E-state index contributed by atoms with van der Waals surface area (Å²) in [5, 5.41) is 2.08. The van der Waals surface area contributed by atoms with Gasteiger partial charge in [0.15, 0.2) is 0 Å². The molecular formula is C26H33N3S. The molecule has 2 aliphatic rings. The summed E-state index contributed by atoms with van der Waals surface area (Å²) in [6, 6.07) is 21.9. The van der Waals surface area contributed by atoms with Gasteiger partial charge < -0.3 is 17.2 Å². The van der Waals surface area contributed by atoms with Crippen LogP contribution in [0.3, 0.4) is 0 Å². The zero-order valence-corrected chi connectivity index (χ0v) is 18.5. The number of thiophene rings is 1. The molecule has 0 fully saturated rings. The minimum Gasteiger partial charge on any atom is -0.328 e. The van der Waals surface area contributed by atoms with Crippen molar-refractivity contribution in [2.45, 2.75) is 50.7 Å². The van der Waals surface area contributed by atoms with Crippen molar-refractivity contribution in [3.8, 4) is 0 Å². The fourth-order valence-corrected chi connectivity index (χ4v) is 4.62. The minimum absolute atomic E-state index is 0.213. The molecule has 1 heterocycles. The second-order valence-electron chi connectivity index (χ2n) is 8.12. The molecule has 3 aromatic rings. The van der Waals surface area contributed by atoms with E-state index in [0.717, 1.165) is 25.7 Å². The van der Waals surface area contributed by atoms with Crippen LogP contribution in [0.1, 0.15) is 34.1 Å². The fourth-order valence-electron chi connectivity index (χ4n) is 3.77. The van der Waals surface area contributed by atoms with Crippen LogP contribution in [-0.4, -0.2) is 18.1 Å². The summed E-state index contributed by atoms with van der Waals surface area (Å²) >= 11 is 1.77. The van der Waals surface area contributed by atoms with Gasteiger partial charge in [0.2, 0.25) is 0 Å². The van der Waals surface area contributed by atoms with Crippen LogP contribution >= 0.6 is 11.3 Å². The molecule has 0 radical (unpaired) electrons. The largest absolute Gasteiger partial charge is 0.328 e. The fraction of sp³-hybridized carbons (Fsp3) is 0.308. The van der Waals surface area contributed by atoms with Crippen LogP contribution in [0.15, 0.2) is 72.1 Å². The van der Waals surface area contributed by atoms with E-state index in [2.05, 4.69) is 78.2 Å². The van der Waals surface area contributed by atoms with E-state index < -0.39 is 0 Å². The molecule has 4 heteroatoms. The van der Waals surface area contributed by atoms with Crippen molar-refractivity contribution >= 4 is 17.4 Å². The summed E-state index contributed by atoms with van der Waals surface area (Å²) < 4.78 is 0. The van der Waals surface area contributed by atoms with Crippen molar-refractivity contribution in [1.82, 2.24) is 0 Å². The molecule has 5 rings (SSSR count). The topological polar surface area (TPSA) is 78.1 Å². The summed E-state index contributed by atoms with van der Waals surface area (Å²) in [6.07, 6.45) is 8.28. The Balaban J connectivity index is 0.000000129. The average Bonchev–Trinajstić information content (AvgIpc) is 3.36. The summed E-state index contributed by atoms with van der Waals surface area (Å²) in [7, 11) is 0. The Labute approximate surface area is 184 Å². The van der Waals surface area contributed by atoms with E-state index in [0.29, 0.717) is 12.1 Å². The first-order chi connectivity index (χ1) is 14.5. The van der Waals surface area contributed by atoms with Gasteiger partial charge in [0.25, 0.3) is 0 Å². The van der Waals surface area contributed by atoms with Crippen LogP contribution in [0.4, 0.5) is 0 Å². The molecule has 0 saturated heterocycles. The summed E-state index contributed by atoms with van der Waals surface area (Å²) in [6.45, 7) is 2.03. The number of nitrogens with two attached hydrogens (primary N) is 3. The van der Waals surface area contributed by atoms with E-state index in [1.165, 1.54) is 27.1 Å². The van der Waals surface area contributed by atoms with Crippen LogP contribution in [-0.2, 0) is 25.7 Å². The number of hydrogen-bond acceptors (Lipinski definition) is 4. The summed E-state index contributed by atoms with van der Waals surface area (Å²) in [4.78, 5) is 1.38. The Hall–Kier alpha value is -2.24. The van der Waals surface area contributed by atoms with Gasteiger partial charge in [-0.05, 0) is 66.3 Å². The third kappa shape index (κ3) is 6.92. The highest BCUT2D eigenvalue weighted by Gasteiger charge is 2.16. The van der Waals surface area contributed by atoms with Crippen LogP contribution < -0.4 is 17.2 Å². The summed E-state index contributed by atoms with van der Waals surface area (Å²) in [5.41, 5.74) is 22.7. The Morgan fingerprint density at radius 1 is 0.867 bits per heavy atom. The maximum absolute atomic E-state index is 5.78. The Morgan fingerprint density at radius 3 is 2.10 bits per heavy atom. The molecule has 2 aliphatic carbocycles. The average molecular weight is 420 g/mol. The van der Waals surface area contributed by atoms with Gasteiger partial charge in [-0.25, -0.2) is 0 Å². The lowest BCUT2D eigenvalue weighted by Gasteiger charge is -2.14. The molecule has 2 unspecified atom stereocenters. The maximum Gasteiger partial charge on any atom is 0.0268 e. The van der Waals surface area contributed by atoms with E-state index in [1.54, 1.807) is 11.3 Å². The molecule has 0 aliphatic heterocycles. The van der Waals surface area contributed by atoms with Crippen molar-refractivity contribution in [2.24, 2.45) is 17.2 Å². The van der Waals surface area contributed by atoms with Crippen molar-refractivity contribution < 1.29 is 0 Å². The van der Waals surface area contributed by atoms with Crippen molar-refractivity contribution in [3.63, 3.8) is 0 Å². The predicted molar refractivity (Wildman–Crippen MR) is 131 cm³/mol. The van der Waals surface area contributed by atoms with E-state index in [9.17, 15) is 0 Å². The molecule has 0 saturated carbocycles. The van der Waals surface area contributed by atoms with E-state index >= 15 is 0 Å². The van der Waals surface area contributed by atoms with Gasteiger partial charge in [0, 0.05) is 23.0 Å². The lowest BCUT2D eigenvalue weighted by atomic mass is 9.95. The zero-order chi connectivity index (χ0) is 21.3. The van der Waals surface area contributed by atoms with Crippen LogP contribution in [0.5, 0.6) is 0 Å². The lowest BCUT2D eigenvalue weighted by molar-refractivity contribution is 0.721. The van der Waals surface area contributed by atoms with Crippen LogP contribution in [0.2, 0.25) is 0 Å². The third-order valence-electron chi connectivity index (χ3n) is 5.22. The SMILES string of the molecule is CC(N)Cc1cccs1.NC1C=Cc2ccccc2C1.NC1Cc2ccccc2C1. The summed E-state index contributed by atoms with van der Waals surface area (Å²) in [5.74, 6) is 0. The zero-order valence-electron chi connectivity index (χ0n) is 17.7. The standard InChI is InChI=1S/C10H11N.C9H11N.C7H11NS/c11-10-6-5-8-3-1-2-4-9(8)7-10;10-9-5-7-3-1-2-4-8(7)6-9;1-6(8)5-7-3-2-4-9-7/h1-6,10H,7,11H2;1-4,9H,5-6,10H2;2-4,6H,5,8H2,1H3. The third-order valence-corrected chi connectivity index (χ3v) is 6.12. The monoisotopic (exact) mass is 419 g/mol. The molecule has 1 aromatic heterocycles. The number of hydrogen-bond donors (Lipinski definition) is 3. The van der Waals surface area contributed by atoms with Crippen molar-refractivity contribution in [2.75, 3.05) is 0 Å². The molecule has 6 N–H and O–H groups in total. The first-order valence-corrected chi connectivity index (χ1v) is 11.5. The molecule has 3 nitrogen and oxygen atoms in total. The van der Waals surface area contributed by atoms with Gasteiger partial charge in [-0.15, -0.1) is 11.3 Å². The van der Waals surface area contributed by atoms with Crippen LogP contribution in [0, 0.1) is 0 Å². The number of fused-ring (bicyclic) bond motifs is 2.